The zero-order valence-electron chi connectivity index (χ0n) is 11.2. The predicted octanol–water partition coefficient (Wildman–Crippen LogP) is 3.83. The molecule has 1 heterocycles. The second kappa shape index (κ2) is 6.80. The first kappa shape index (κ1) is 14.9. The smallest absolute Gasteiger partial charge is 0.201 e. The Kier molecular flexibility index (Phi) is 5.34. The first-order valence-electron chi connectivity index (χ1n) is 6.44. The highest BCUT2D eigenvalue weighted by Crippen LogP contribution is 2.27. The lowest BCUT2D eigenvalue weighted by Crippen LogP contribution is -2.32. The Morgan fingerprint density at radius 1 is 1.32 bits per heavy atom. The van der Waals surface area contributed by atoms with Crippen molar-refractivity contribution in [1.29, 1.82) is 0 Å². The first-order valence-corrected chi connectivity index (χ1v) is 7.20. The summed E-state index contributed by atoms with van der Waals surface area (Å²) >= 11 is 11.9. The van der Waals surface area contributed by atoms with Gasteiger partial charge >= 0.3 is 0 Å². The molecule has 19 heavy (non-hydrogen) atoms. The number of hydrogen-bond acceptors (Lipinski definition) is 3. The van der Waals surface area contributed by atoms with Gasteiger partial charge in [-0.25, -0.2) is 0 Å². The Morgan fingerprint density at radius 3 is 2.53 bits per heavy atom. The molecular weight excluding hydrogens is 285 g/mol. The molecule has 0 aromatic heterocycles. The van der Waals surface area contributed by atoms with Crippen molar-refractivity contribution in [3.63, 3.8) is 0 Å². The second-order valence-corrected chi connectivity index (χ2v) is 5.77. The Labute approximate surface area is 124 Å². The minimum Gasteiger partial charge on any atom is -0.465 e. The number of benzene rings is 1. The van der Waals surface area contributed by atoms with Crippen LogP contribution in [0.3, 0.4) is 0 Å². The fraction of sp³-hybridized carbons (Fsp3) is 0.571. The number of halogens is 2. The molecule has 0 radical (unpaired) electrons. The summed E-state index contributed by atoms with van der Waals surface area (Å²) in [5.41, 5.74) is 0. The van der Waals surface area contributed by atoms with Crippen molar-refractivity contribution in [3.8, 4) is 5.75 Å². The monoisotopic (exact) mass is 303 g/mol. The summed E-state index contributed by atoms with van der Waals surface area (Å²) in [6.45, 7) is 1.14. The third-order valence-electron chi connectivity index (χ3n) is 3.50. The van der Waals surface area contributed by atoms with Gasteiger partial charge in [-0.2, -0.15) is 0 Å². The highest BCUT2D eigenvalue weighted by atomic mass is 35.5. The summed E-state index contributed by atoms with van der Waals surface area (Å²) < 4.78 is 11.2. The maximum atomic E-state index is 5.96. The lowest BCUT2D eigenvalue weighted by molar-refractivity contribution is -0.0685. The van der Waals surface area contributed by atoms with Gasteiger partial charge < -0.3 is 14.4 Å². The van der Waals surface area contributed by atoms with E-state index < -0.39 is 0 Å². The number of nitrogens with zero attached hydrogens (tertiary/aromatic N) is 1. The van der Waals surface area contributed by atoms with Crippen molar-refractivity contribution < 1.29 is 9.47 Å². The summed E-state index contributed by atoms with van der Waals surface area (Å²) in [5, 5.41) is 1.13. The number of likely N-dealkylation sites (tertiary alicyclic amines) is 1. The first-order chi connectivity index (χ1) is 9.08. The lowest BCUT2D eigenvalue weighted by Gasteiger charge is -2.25. The van der Waals surface area contributed by atoms with Crippen LogP contribution in [0.2, 0.25) is 10.0 Å². The minimum atomic E-state index is -0.278. The standard InChI is InChI=1S/C14H19Cl2NO2/c1-17-5-3-4-12(17)9-14(18-2)19-13-7-10(15)6-11(16)8-13/h6-8,12,14H,3-5,9H2,1-2H3. The minimum absolute atomic E-state index is 0.278. The molecule has 3 nitrogen and oxygen atoms in total. The van der Waals surface area contributed by atoms with Crippen molar-refractivity contribution >= 4 is 23.2 Å². The number of methoxy groups -OCH3 is 1. The van der Waals surface area contributed by atoms with Crippen LogP contribution in [-0.4, -0.2) is 37.9 Å². The zero-order valence-corrected chi connectivity index (χ0v) is 12.7. The molecule has 5 heteroatoms. The van der Waals surface area contributed by atoms with Crippen molar-refractivity contribution in [2.45, 2.75) is 31.6 Å². The molecule has 2 unspecified atom stereocenters. The van der Waals surface area contributed by atoms with Crippen LogP contribution in [0.25, 0.3) is 0 Å². The van der Waals surface area contributed by atoms with E-state index in [-0.39, 0.29) is 6.29 Å². The van der Waals surface area contributed by atoms with E-state index in [9.17, 15) is 0 Å². The van der Waals surface area contributed by atoms with Crippen molar-refractivity contribution in [1.82, 2.24) is 4.90 Å². The summed E-state index contributed by atoms with van der Waals surface area (Å²) in [4.78, 5) is 2.35. The van der Waals surface area contributed by atoms with E-state index in [0.717, 1.165) is 13.0 Å². The molecule has 0 bridgehead atoms. The van der Waals surface area contributed by atoms with Gasteiger partial charge in [0.15, 0.2) is 0 Å². The molecule has 0 amide bonds. The van der Waals surface area contributed by atoms with Gasteiger partial charge in [0.25, 0.3) is 0 Å². The maximum absolute atomic E-state index is 5.96. The molecule has 106 valence electrons. The van der Waals surface area contributed by atoms with E-state index in [2.05, 4.69) is 11.9 Å². The van der Waals surface area contributed by atoms with Gasteiger partial charge in [-0.05, 0) is 44.6 Å². The Bertz CT molecular complexity index is 408. The molecule has 0 N–H and O–H groups in total. The highest BCUT2D eigenvalue weighted by molar-refractivity contribution is 6.34. The van der Waals surface area contributed by atoms with E-state index >= 15 is 0 Å². The molecule has 1 aromatic rings. The third-order valence-corrected chi connectivity index (χ3v) is 3.94. The van der Waals surface area contributed by atoms with Crippen LogP contribution in [0.5, 0.6) is 5.75 Å². The molecule has 2 rings (SSSR count). The van der Waals surface area contributed by atoms with E-state index in [1.807, 2.05) is 0 Å². The van der Waals surface area contributed by atoms with Crippen molar-refractivity contribution in [3.05, 3.63) is 28.2 Å². The van der Waals surface area contributed by atoms with Gasteiger partial charge in [-0.1, -0.05) is 23.2 Å². The normalized spacial score (nSPS) is 21.6. The van der Waals surface area contributed by atoms with Crippen LogP contribution >= 0.6 is 23.2 Å². The van der Waals surface area contributed by atoms with E-state index in [1.165, 1.54) is 12.8 Å². The van der Waals surface area contributed by atoms with Crippen LogP contribution in [0.15, 0.2) is 18.2 Å². The van der Waals surface area contributed by atoms with E-state index in [1.54, 1.807) is 25.3 Å². The molecule has 1 aliphatic rings. The summed E-state index contributed by atoms with van der Waals surface area (Å²) in [6, 6.07) is 5.69. The number of hydrogen-bond donors (Lipinski definition) is 0. The predicted molar refractivity (Wildman–Crippen MR) is 78.2 cm³/mol. The fourth-order valence-electron chi connectivity index (χ4n) is 2.44. The molecule has 0 spiro atoms. The quantitative estimate of drug-likeness (QED) is 0.772. The van der Waals surface area contributed by atoms with Gasteiger partial charge in [-0.15, -0.1) is 0 Å². The summed E-state index contributed by atoms with van der Waals surface area (Å²) in [7, 11) is 3.80. The van der Waals surface area contributed by atoms with E-state index in [0.29, 0.717) is 21.8 Å². The van der Waals surface area contributed by atoms with Gasteiger partial charge in [-0.3, -0.25) is 0 Å². The molecular formula is C14H19Cl2NO2. The van der Waals surface area contributed by atoms with Crippen molar-refractivity contribution in [2.24, 2.45) is 0 Å². The average Bonchev–Trinajstić information content (AvgIpc) is 2.73. The largest absolute Gasteiger partial charge is 0.465 e. The maximum Gasteiger partial charge on any atom is 0.201 e. The Hall–Kier alpha value is -0.480. The van der Waals surface area contributed by atoms with Crippen LogP contribution in [-0.2, 0) is 4.74 Å². The number of ether oxygens (including phenoxy) is 2. The van der Waals surface area contributed by atoms with E-state index in [4.69, 9.17) is 32.7 Å². The third kappa shape index (κ3) is 4.25. The Morgan fingerprint density at radius 2 is 2.00 bits per heavy atom. The van der Waals surface area contributed by atoms with Crippen LogP contribution in [0.4, 0.5) is 0 Å². The molecule has 1 fully saturated rings. The number of rotatable bonds is 5. The summed E-state index contributed by atoms with van der Waals surface area (Å²) in [5.74, 6) is 0.644. The lowest BCUT2D eigenvalue weighted by atomic mass is 10.1. The van der Waals surface area contributed by atoms with Gasteiger partial charge in [0.2, 0.25) is 6.29 Å². The SMILES string of the molecule is COC(CC1CCCN1C)Oc1cc(Cl)cc(Cl)c1. The van der Waals surface area contributed by atoms with Gasteiger partial charge in [0, 0.05) is 29.6 Å². The van der Waals surface area contributed by atoms with Crippen LogP contribution in [0, 0.1) is 0 Å². The molecule has 2 atom stereocenters. The van der Waals surface area contributed by atoms with Gasteiger partial charge in [0.05, 0.1) is 0 Å². The average molecular weight is 304 g/mol. The highest BCUT2D eigenvalue weighted by Gasteiger charge is 2.25. The van der Waals surface area contributed by atoms with Crippen LogP contribution in [0.1, 0.15) is 19.3 Å². The Balaban J connectivity index is 1.98. The summed E-state index contributed by atoms with van der Waals surface area (Å²) in [6.07, 6.45) is 2.99. The molecule has 1 saturated heterocycles. The molecule has 1 aromatic carbocycles. The van der Waals surface area contributed by atoms with Crippen molar-refractivity contribution in [2.75, 3.05) is 20.7 Å². The molecule has 1 aliphatic heterocycles. The zero-order chi connectivity index (χ0) is 13.8. The topological polar surface area (TPSA) is 21.7 Å². The van der Waals surface area contributed by atoms with Crippen LogP contribution < -0.4 is 4.74 Å². The van der Waals surface area contributed by atoms with Gasteiger partial charge in [0.1, 0.15) is 5.75 Å². The second-order valence-electron chi connectivity index (χ2n) is 4.90. The fourth-order valence-corrected chi connectivity index (χ4v) is 2.95. The molecule has 0 saturated carbocycles. The molecule has 0 aliphatic carbocycles.